The number of hydrogen-bond donors (Lipinski definition) is 0. The minimum atomic E-state index is 0.0262. The summed E-state index contributed by atoms with van der Waals surface area (Å²) in [5.74, 6) is 1.05. The van der Waals surface area contributed by atoms with Crippen LogP contribution in [0.2, 0.25) is 0 Å². The molecule has 3 saturated carbocycles. The van der Waals surface area contributed by atoms with E-state index >= 15 is 0 Å². The van der Waals surface area contributed by atoms with E-state index in [2.05, 4.69) is 13.8 Å². The molecule has 0 heterocycles. The third-order valence-corrected chi connectivity index (χ3v) is 4.76. The summed E-state index contributed by atoms with van der Waals surface area (Å²) in [5, 5.41) is 0. The van der Waals surface area contributed by atoms with Gasteiger partial charge in [0.15, 0.2) is 0 Å². The lowest BCUT2D eigenvalue weighted by Gasteiger charge is -2.52. The first kappa shape index (κ1) is 8.87. The lowest BCUT2D eigenvalue weighted by molar-refractivity contribution is 0.0344. The standard InChI is InChI=1S/C11H19Cl/c1-10(2,12)11-6-3-9(4-7-11)5-8-11/h9H,3-8H2,1-2H3. The molecule has 0 atom stereocenters. The Labute approximate surface area is 80.7 Å². The van der Waals surface area contributed by atoms with E-state index in [0.717, 1.165) is 5.92 Å². The molecule has 3 fully saturated rings. The molecule has 0 aliphatic heterocycles. The van der Waals surface area contributed by atoms with Crippen LogP contribution in [0.5, 0.6) is 0 Å². The first-order valence-corrected chi connectivity index (χ1v) is 5.60. The van der Waals surface area contributed by atoms with Crippen LogP contribution in [-0.4, -0.2) is 4.87 Å². The maximum atomic E-state index is 6.49. The van der Waals surface area contributed by atoms with Gasteiger partial charge in [0, 0.05) is 4.87 Å². The molecule has 2 bridgehead atoms. The second-order valence-corrected chi connectivity index (χ2v) is 6.18. The van der Waals surface area contributed by atoms with Gasteiger partial charge < -0.3 is 0 Å². The van der Waals surface area contributed by atoms with Crippen molar-refractivity contribution in [2.24, 2.45) is 11.3 Å². The zero-order valence-electron chi connectivity index (χ0n) is 8.20. The van der Waals surface area contributed by atoms with Crippen molar-refractivity contribution >= 4 is 11.6 Å². The van der Waals surface area contributed by atoms with E-state index < -0.39 is 0 Å². The third kappa shape index (κ3) is 1.19. The van der Waals surface area contributed by atoms with Gasteiger partial charge in [-0.05, 0) is 63.7 Å². The number of rotatable bonds is 1. The molecule has 0 aromatic carbocycles. The van der Waals surface area contributed by atoms with Gasteiger partial charge >= 0.3 is 0 Å². The summed E-state index contributed by atoms with van der Waals surface area (Å²) < 4.78 is 0. The second kappa shape index (κ2) is 2.64. The zero-order chi connectivity index (χ0) is 8.82. The van der Waals surface area contributed by atoms with E-state index in [4.69, 9.17) is 11.6 Å². The number of halogens is 1. The van der Waals surface area contributed by atoms with Gasteiger partial charge in [0.1, 0.15) is 0 Å². The number of hydrogen-bond acceptors (Lipinski definition) is 0. The van der Waals surface area contributed by atoms with Crippen LogP contribution in [0, 0.1) is 11.3 Å². The average Bonchev–Trinajstić information content (AvgIpc) is 2.06. The molecule has 70 valence electrons. The van der Waals surface area contributed by atoms with Gasteiger partial charge in [-0.2, -0.15) is 0 Å². The van der Waals surface area contributed by atoms with E-state index in [1.165, 1.54) is 38.5 Å². The molecular formula is C11H19Cl. The Bertz CT molecular complexity index is 156. The molecule has 1 heteroatoms. The monoisotopic (exact) mass is 186 g/mol. The molecule has 0 radical (unpaired) electrons. The summed E-state index contributed by atoms with van der Waals surface area (Å²) in [6, 6.07) is 0. The Kier molecular flexibility index (Phi) is 1.95. The second-order valence-electron chi connectivity index (χ2n) is 5.23. The average molecular weight is 187 g/mol. The van der Waals surface area contributed by atoms with Crippen LogP contribution < -0.4 is 0 Å². The molecule has 0 amide bonds. The summed E-state index contributed by atoms with van der Waals surface area (Å²) in [6.07, 6.45) is 8.47. The molecule has 3 aliphatic carbocycles. The fourth-order valence-corrected chi connectivity index (χ4v) is 3.42. The first-order valence-electron chi connectivity index (χ1n) is 5.22. The summed E-state index contributed by atoms with van der Waals surface area (Å²) in [4.78, 5) is 0.0262. The van der Waals surface area contributed by atoms with E-state index in [1.54, 1.807) is 0 Å². The molecule has 0 aromatic heterocycles. The fraction of sp³-hybridized carbons (Fsp3) is 1.00. The van der Waals surface area contributed by atoms with Crippen molar-refractivity contribution < 1.29 is 0 Å². The van der Waals surface area contributed by atoms with Crippen molar-refractivity contribution in [1.82, 2.24) is 0 Å². The molecule has 0 unspecified atom stereocenters. The maximum Gasteiger partial charge on any atom is 0.0446 e. The summed E-state index contributed by atoms with van der Waals surface area (Å²) >= 11 is 6.49. The van der Waals surface area contributed by atoms with Gasteiger partial charge in [0.2, 0.25) is 0 Å². The van der Waals surface area contributed by atoms with Gasteiger partial charge in [0.05, 0.1) is 0 Å². The minimum absolute atomic E-state index is 0.0262. The quantitative estimate of drug-likeness (QED) is 0.544. The molecule has 12 heavy (non-hydrogen) atoms. The molecule has 0 nitrogen and oxygen atoms in total. The highest BCUT2D eigenvalue weighted by Gasteiger charge is 2.48. The van der Waals surface area contributed by atoms with Crippen LogP contribution in [0.15, 0.2) is 0 Å². The van der Waals surface area contributed by atoms with E-state index in [9.17, 15) is 0 Å². The molecule has 0 spiro atoms. The molecular weight excluding hydrogens is 168 g/mol. The minimum Gasteiger partial charge on any atom is -0.119 e. The smallest absolute Gasteiger partial charge is 0.0446 e. The van der Waals surface area contributed by atoms with E-state index in [0.29, 0.717) is 5.41 Å². The van der Waals surface area contributed by atoms with E-state index in [-0.39, 0.29) is 4.87 Å². The summed E-state index contributed by atoms with van der Waals surface area (Å²) in [5.41, 5.74) is 0.489. The molecule has 3 rings (SSSR count). The predicted octanol–water partition coefficient (Wildman–Crippen LogP) is 3.97. The molecule has 0 saturated heterocycles. The maximum absolute atomic E-state index is 6.49. The number of alkyl halides is 1. The Hall–Kier alpha value is 0.290. The predicted molar refractivity (Wildman–Crippen MR) is 53.6 cm³/mol. The van der Waals surface area contributed by atoms with Crippen molar-refractivity contribution in [3.05, 3.63) is 0 Å². The Morgan fingerprint density at radius 2 is 1.50 bits per heavy atom. The van der Waals surface area contributed by atoms with Gasteiger partial charge in [-0.1, -0.05) is 0 Å². The van der Waals surface area contributed by atoms with Gasteiger partial charge in [0.25, 0.3) is 0 Å². The van der Waals surface area contributed by atoms with Crippen molar-refractivity contribution in [3.8, 4) is 0 Å². The third-order valence-electron chi connectivity index (χ3n) is 4.35. The Morgan fingerprint density at radius 1 is 1.08 bits per heavy atom. The van der Waals surface area contributed by atoms with Crippen molar-refractivity contribution in [3.63, 3.8) is 0 Å². The topological polar surface area (TPSA) is 0 Å². The van der Waals surface area contributed by atoms with Gasteiger partial charge in [-0.3, -0.25) is 0 Å². The molecule has 0 N–H and O–H groups in total. The zero-order valence-corrected chi connectivity index (χ0v) is 8.95. The van der Waals surface area contributed by atoms with Crippen molar-refractivity contribution in [2.75, 3.05) is 0 Å². The van der Waals surface area contributed by atoms with Gasteiger partial charge in [-0.15, -0.1) is 11.6 Å². The number of fused-ring (bicyclic) bond motifs is 3. The summed E-state index contributed by atoms with van der Waals surface area (Å²) in [7, 11) is 0. The van der Waals surface area contributed by atoms with Crippen LogP contribution in [0.1, 0.15) is 52.4 Å². The largest absolute Gasteiger partial charge is 0.119 e. The summed E-state index contributed by atoms with van der Waals surface area (Å²) in [6.45, 7) is 4.42. The lowest BCUT2D eigenvalue weighted by atomic mass is 9.56. The normalized spacial score (nSPS) is 41.8. The Morgan fingerprint density at radius 3 is 1.75 bits per heavy atom. The Balaban J connectivity index is 2.19. The SMILES string of the molecule is CC(C)(Cl)C12CCC(CC1)CC2. The highest BCUT2D eigenvalue weighted by atomic mass is 35.5. The van der Waals surface area contributed by atoms with Crippen LogP contribution in [0.25, 0.3) is 0 Å². The van der Waals surface area contributed by atoms with Crippen LogP contribution in [0.4, 0.5) is 0 Å². The van der Waals surface area contributed by atoms with Gasteiger partial charge in [-0.25, -0.2) is 0 Å². The lowest BCUT2D eigenvalue weighted by Crippen LogP contribution is -2.46. The van der Waals surface area contributed by atoms with Crippen LogP contribution in [0.3, 0.4) is 0 Å². The fourth-order valence-electron chi connectivity index (χ4n) is 3.14. The first-order chi connectivity index (χ1) is 5.54. The highest BCUT2D eigenvalue weighted by Crippen LogP contribution is 2.57. The van der Waals surface area contributed by atoms with Crippen LogP contribution >= 0.6 is 11.6 Å². The van der Waals surface area contributed by atoms with Crippen LogP contribution in [-0.2, 0) is 0 Å². The van der Waals surface area contributed by atoms with E-state index in [1.807, 2.05) is 0 Å². The van der Waals surface area contributed by atoms with Crippen molar-refractivity contribution in [1.29, 1.82) is 0 Å². The molecule has 0 aromatic rings. The van der Waals surface area contributed by atoms with Crippen molar-refractivity contribution in [2.45, 2.75) is 57.2 Å². The molecule has 3 aliphatic rings. The highest BCUT2D eigenvalue weighted by molar-refractivity contribution is 6.24.